The summed E-state index contributed by atoms with van der Waals surface area (Å²) < 4.78 is 19.4. The molecule has 2 rings (SSSR count). The molecule has 0 spiro atoms. The van der Waals surface area contributed by atoms with Gasteiger partial charge in [-0.3, -0.25) is 0 Å². The van der Waals surface area contributed by atoms with Crippen LogP contribution in [0.2, 0.25) is 0 Å². The molecule has 0 saturated carbocycles. The average molecular weight is 234 g/mol. The molecule has 1 aromatic carbocycles. The van der Waals surface area contributed by atoms with Gasteiger partial charge in [0.1, 0.15) is 5.82 Å². The Morgan fingerprint density at radius 3 is 3.06 bits per heavy atom. The van der Waals surface area contributed by atoms with E-state index in [4.69, 9.17) is 10.00 Å². The summed E-state index contributed by atoms with van der Waals surface area (Å²) in [6.45, 7) is 4.17. The Hall–Kier alpha value is -1.60. The first-order valence-corrected chi connectivity index (χ1v) is 5.77. The van der Waals surface area contributed by atoms with Gasteiger partial charge in [-0.2, -0.15) is 5.26 Å². The van der Waals surface area contributed by atoms with Gasteiger partial charge in [0.05, 0.1) is 23.4 Å². The minimum Gasteiger partial charge on any atom is -0.377 e. The number of halogens is 1. The van der Waals surface area contributed by atoms with Gasteiger partial charge in [-0.05, 0) is 31.5 Å². The highest BCUT2D eigenvalue weighted by Gasteiger charge is 2.18. The summed E-state index contributed by atoms with van der Waals surface area (Å²) >= 11 is 0. The van der Waals surface area contributed by atoms with E-state index >= 15 is 0 Å². The Bertz CT molecular complexity index is 442. The van der Waals surface area contributed by atoms with Crippen molar-refractivity contribution in [3.63, 3.8) is 0 Å². The molecule has 0 N–H and O–H groups in total. The molecule has 0 bridgehead atoms. The predicted molar refractivity (Wildman–Crippen MR) is 63.4 cm³/mol. The summed E-state index contributed by atoms with van der Waals surface area (Å²) in [6.07, 6.45) is 0.997. The molecule has 0 aromatic heterocycles. The average Bonchev–Trinajstić information content (AvgIpc) is 2.53. The van der Waals surface area contributed by atoms with Crippen LogP contribution in [-0.4, -0.2) is 25.8 Å². The van der Waals surface area contributed by atoms with E-state index in [0.29, 0.717) is 17.8 Å². The number of nitriles is 1. The second-order valence-corrected chi connectivity index (χ2v) is 4.26. The summed E-state index contributed by atoms with van der Waals surface area (Å²) in [5, 5.41) is 8.70. The maximum atomic E-state index is 13.8. The van der Waals surface area contributed by atoms with E-state index < -0.39 is 0 Å². The van der Waals surface area contributed by atoms with E-state index in [2.05, 4.69) is 0 Å². The van der Waals surface area contributed by atoms with Crippen LogP contribution in [0.15, 0.2) is 18.2 Å². The smallest absolute Gasteiger partial charge is 0.147 e. The number of hydrogen-bond acceptors (Lipinski definition) is 3. The fraction of sp³-hybridized carbons (Fsp3) is 0.462. The lowest BCUT2D eigenvalue weighted by molar-refractivity contribution is 0.0820. The van der Waals surface area contributed by atoms with Gasteiger partial charge in [-0.1, -0.05) is 0 Å². The Balaban J connectivity index is 2.24. The first-order valence-electron chi connectivity index (χ1n) is 5.77. The third-order valence-corrected chi connectivity index (χ3v) is 2.87. The summed E-state index contributed by atoms with van der Waals surface area (Å²) in [6, 6.07) is 6.54. The number of rotatable bonds is 1. The van der Waals surface area contributed by atoms with Crippen LogP contribution < -0.4 is 4.90 Å². The van der Waals surface area contributed by atoms with Crippen LogP contribution in [0.5, 0.6) is 0 Å². The van der Waals surface area contributed by atoms with Crippen molar-refractivity contribution in [2.75, 3.05) is 24.6 Å². The van der Waals surface area contributed by atoms with Crippen LogP contribution in [0.3, 0.4) is 0 Å². The molecule has 90 valence electrons. The fourth-order valence-electron chi connectivity index (χ4n) is 2.05. The highest BCUT2D eigenvalue weighted by molar-refractivity contribution is 5.51. The van der Waals surface area contributed by atoms with Gasteiger partial charge in [0.25, 0.3) is 0 Å². The molecule has 1 aromatic rings. The maximum absolute atomic E-state index is 13.8. The third-order valence-electron chi connectivity index (χ3n) is 2.87. The van der Waals surface area contributed by atoms with E-state index in [0.717, 1.165) is 19.6 Å². The first kappa shape index (κ1) is 11.9. The van der Waals surface area contributed by atoms with Gasteiger partial charge in [0.2, 0.25) is 0 Å². The molecule has 0 radical (unpaired) electrons. The molecule has 1 heterocycles. The second kappa shape index (κ2) is 5.15. The quantitative estimate of drug-likeness (QED) is 0.748. The first-order chi connectivity index (χ1) is 8.20. The van der Waals surface area contributed by atoms with Crippen LogP contribution in [0, 0.1) is 17.1 Å². The van der Waals surface area contributed by atoms with Crippen LogP contribution >= 0.6 is 0 Å². The molecule has 1 saturated heterocycles. The Kier molecular flexibility index (Phi) is 3.60. The molecule has 1 aliphatic rings. The molecular formula is C13H15FN2O. The van der Waals surface area contributed by atoms with E-state index in [-0.39, 0.29) is 11.9 Å². The van der Waals surface area contributed by atoms with Gasteiger partial charge < -0.3 is 9.64 Å². The largest absolute Gasteiger partial charge is 0.377 e. The van der Waals surface area contributed by atoms with E-state index in [9.17, 15) is 4.39 Å². The Labute approximate surface area is 100 Å². The lowest BCUT2D eigenvalue weighted by Crippen LogP contribution is -2.30. The minimum absolute atomic E-state index is 0.104. The van der Waals surface area contributed by atoms with Crippen molar-refractivity contribution in [3.8, 4) is 6.07 Å². The monoisotopic (exact) mass is 234 g/mol. The summed E-state index contributed by atoms with van der Waals surface area (Å²) in [5.74, 6) is -0.335. The summed E-state index contributed by atoms with van der Waals surface area (Å²) in [5.41, 5.74) is 0.909. The topological polar surface area (TPSA) is 36.3 Å². The molecule has 17 heavy (non-hydrogen) atoms. The number of hydrogen-bond donors (Lipinski definition) is 0. The van der Waals surface area contributed by atoms with E-state index in [1.807, 2.05) is 17.9 Å². The van der Waals surface area contributed by atoms with Gasteiger partial charge in [0, 0.05) is 19.7 Å². The third kappa shape index (κ3) is 2.75. The zero-order valence-electron chi connectivity index (χ0n) is 9.82. The normalized spacial score (nSPS) is 20.8. The number of ether oxygens (including phenoxy) is 1. The second-order valence-electron chi connectivity index (χ2n) is 4.26. The van der Waals surface area contributed by atoms with Gasteiger partial charge >= 0.3 is 0 Å². The molecule has 1 fully saturated rings. The Morgan fingerprint density at radius 2 is 2.35 bits per heavy atom. The molecular weight excluding hydrogens is 219 g/mol. The summed E-state index contributed by atoms with van der Waals surface area (Å²) in [4.78, 5) is 1.98. The lowest BCUT2D eigenvalue weighted by atomic mass is 10.2. The van der Waals surface area contributed by atoms with Crippen molar-refractivity contribution in [1.82, 2.24) is 0 Å². The molecule has 1 aliphatic heterocycles. The van der Waals surface area contributed by atoms with E-state index in [1.165, 1.54) is 6.07 Å². The number of nitrogens with zero attached hydrogens (tertiary/aromatic N) is 2. The van der Waals surface area contributed by atoms with E-state index in [1.54, 1.807) is 12.1 Å². The van der Waals surface area contributed by atoms with Crippen molar-refractivity contribution in [2.24, 2.45) is 0 Å². The standard InChI is InChI=1S/C13H15FN2O/c1-10-9-16(5-2-6-17-10)13-4-3-11(8-15)7-12(13)14/h3-4,7,10H,2,5-6,9H2,1H3. The van der Waals surface area contributed by atoms with Crippen LogP contribution in [0.4, 0.5) is 10.1 Å². The fourth-order valence-corrected chi connectivity index (χ4v) is 2.05. The van der Waals surface area contributed by atoms with Gasteiger partial charge in [-0.25, -0.2) is 4.39 Å². The minimum atomic E-state index is -0.335. The molecule has 1 unspecified atom stereocenters. The van der Waals surface area contributed by atoms with Crippen molar-refractivity contribution in [3.05, 3.63) is 29.6 Å². The van der Waals surface area contributed by atoms with Crippen molar-refractivity contribution >= 4 is 5.69 Å². The van der Waals surface area contributed by atoms with Crippen molar-refractivity contribution in [2.45, 2.75) is 19.4 Å². The van der Waals surface area contributed by atoms with Gasteiger partial charge in [0.15, 0.2) is 0 Å². The summed E-state index contributed by atoms with van der Waals surface area (Å²) in [7, 11) is 0. The lowest BCUT2D eigenvalue weighted by Gasteiger charge is -2.24. The SMILES string of the molecule is CC1CN(c2ccc(C#N)cc2F)CCCO1. The maximum Gasteiger partial charge on any atom is 0.147 e. The van der Waals surface area contributed by atoms with Crippen molar-refractivity contribution in [1.29, 1.82) is 5.26 Å². The predicted octanol–water partition coefficient (Wildman–Crippen LogP) is 2.31. The molecule has 1 atom stereocenters. The highest BCUT2D eigenvalue weighted by atomic mass is 19.1. The molecule has 0 amide bonds. The molecule has 4 heteroatoms. The van der Waals surface area contributed by atoms with Gasteiger partial charge in [-0.15, -0.1) is 0 Å². The van der Waals surface area contributed by atoms with Crippen LogP contribution in [0.25, 0.3) is 0 Å². The molecule has 0 aliphatic carbocycles. The van der Waals surface area contributed by atoms with Crippen LogP contribution in [-0.2, 0) is 4.74 Å². The zero-order valence-corrected chi connectivity index (χ0v) is 9.82. The number of benzene rings is 1. The Morgan fingerprint density at radius 1 is 1.53 bits per heavy atom. The van der Waals surface area contributed by atoms with Crippen LogP contribution in [0.1, 0.15) is 18.9 Å². The number of anilines is 1. The van der Waals surface area contributed by atoms with Crippen molar-refractivity contribution < 1.29 is 9.13 Å². The highest BCUT2D eigenvalue weighted by Crippen LogP contribution is 2.22. The zero-order chi connectivity index (χ0) is 12.3. The molecule has 3 nitrogen and oxygen atoms in total.